The molecule has 3 rings (SSSR count). The highest BCUT2D eigenvalue weighted by Gasteiger charge is 2.33. The third kappa shape index (κ3) is 3.60. The second-order valence-corrected chi connectivity index (χ2v) is 8.11. The van der Waals surface area contributed by atoms with Crippen LogP contribution in [0, 0.1) is 11.3 Å². The fourth-order valence-corrected chi connectivity index (χ4v) is 4.38. The third-order valence-electron chi connectivity index (χ3n) is 5.13. The number of pyridine rings is 2. The average Bonchev–Trinajstić information content (AvgIpc) is 2.52. The summed E-state index contributed by atoms with van der Waals surface area (Å²) in [6, 6.07) is 5.49. The summed E-state index contributed by atoms with van der Waals surface area (Å²) in [6.45, 7) is 9.09. The zero-order valence-electron chi connectivity index (χ0n) is 15.5. The van der Waals surface area contributed by atoms with Crippen molar-refractivity contribution in [3.8, 4) is 0 Å². The van der Waals surface area contributed by atoms with Crippen molar-refractivity contribution in [2.24, 2.45) is 11.3 Å². The van der Waals surface area contributed by atoms with Gasteiger partial charge in [-0.2, -0.15) is 0 Å². The molecule has 134 valence electrons. The molecule has 0 spiro atoms. The molecule has 5 nitrogen and oxygen atoms in total. The fraction of sp³-hybridized carbons (Fsp3) is 0.550. The van der Waals surface area contributed by atoms with Crippen molar-refractivity contribution in [2.75, 3.05) is 0 Å². The lowest BCUT2D eigenvalue weighted by atomic mass is 9.70. The summed E-state index contributed by atoms with van der Waals surface area (Å²) in [5.41, 5.74) is 0.777. The molecule has 1 aliphatic rings. The van der Waals surface area contributed by atoms with Gasteiger partial charge in [-0.25, -0.2) is 4.98 Å². The second kappa shape index (κ2) is 6.62. The molecule has 25 heavy (non-hydrogen) atoms. The Morgan fingerprint density at radius 2 is 2.16 bits per heavy atom. The second-order valence-electron chi connectivity index (χ2n) is 8.11. The largest absolute Gasteiger partial charge is 0.349 e. The van der Waals surface area contributed by atoms with Crippen LogP contribution in [0.5, 0.6) is 0 Å². The van der Waals surface area contributed by atoms with Gasteiger partial charge in [-0.05, 0) is 55.7 Å². The molecular formula is C20H27N3O2. The summed E-state index contributed by atoms with van der Waals surface area (Å²) >= 11 is 0. The van der Waals surface area contributed by atoms with Crippen molar-refractivity contribution in [3.63, 3.8) is 0 Å². The van der Waals surface area contributed by atoms with Crippen molar-refractivity contribution in [2.45, 2.75) is 59.5 Å². The molecule has 0 unspecified atom stereocenters. The Labute approximate surface area is 148 Å². The van der Waals surface area contributed by atoms with Crippen LogP contribution in [0.1, 0.15) is 57.3 Å². The molecule has 1 fully saturated rings. The number of aryl methyl sites for hydroxylation is 1. The molecule has 1 saturated carbocycles. The Morgan fingerprint density at radius 3 is 2.84 bits per heavy atom. The van der Waals surface area contributed by atoms with Crippen LogP contribution in [0.15, 0.2) is 29.2 Å². The van der Waals surface area contributed by atoms with Crippen LogP contribution < -0.4 is 10.9 Å². The quantitative estimate of drug-likeness (QED) is 0.931. The molecule has 5 heteroatoms. The van der Waals surface area contributed by atoms with Gasteiger partial charge in [-0.3, -0.25) is 14.2 Å². The lowest BCUT2D eigenvalue weighted by Crippen LogP contribution is -2.44. The Hall–Kier alpha value is -2.17. The molecule has 0 saturated heterocycles. The van der Waals surface area contributed by atoms with E-state index in [2.05, 4.69) is 31.1 Å². The number of nitrogens with one attached hydrogen (secondary N) is 1. The Bertz CT molecular complexity index is 854. The van der Waals surface area contributed by atoms with E-state index >= 15 is 0 Å². The molecule has 0 aliphatic heterocycles. The first-order valence-electron chi connectivity index (χ1n) is 9.10. The van der Waals surface area contributed by atoms with Crippen LogP contribution in [0.4, 0.5) is 0 Å². The lowest BCUT2D eigenvalue weighted by molar-refractivity contribution is 0.0872. The number of amides is 1. The van der Waals surface area contributed by atoms with Gasteiger partial charge in [0.05, 0.1) is 0 Å². The van der Waals surface area contributed by atoms with E-state index in [-0.39, 0.29) is 28.5 Å². The van der Waals surface area contributed by atoms with Gasteiger partial charge >= 0.3 is 0 Å². The van der Waals surface area contributed by atoms with Crippen molar-refractivity contribution in [1.82, 2.24) is 14.9 Å². The van der Waals surface area contributed by atoms with E-state index in [1.807, 2.05) is 19.1 Å². The molecule has 0 bridgehead atoms. The summed E-state index contributed by atoms with van der Waals surface area (Å²) < 4.78 is 1.57. The maximum absolute atomic E-state index is 12.8. The molecule has 2 atom stereocenters. The monoisotopic (exact) mass is 341 g/mol. The topological polar surface area (TPSA) is 64.0 Å². The number of nitrogens with zero attached hydrogens (tertiary/aromatic N) is 2. The van der Waals surface area contributed by atoms with Crippen LogP contribution >= 0.6 is 0 Å². The van der Waals surface area contributed by atoms with Crippen molar-refractivity contribution in [1.29, 1.82) is 0 Å². The molecule has 0 radical (unpaired) electrons. The minimum atomic E-state index is -0.271. The van der Waals surface area contributed by atoms with Crippen molar-refractivity contribution >= 4 is 16.9 Å². The zero-order valence-corrected chi connectivity index (χ0v) is 15.5. The van der Waals surface area contributed by atoms with Gasteiger partial charge in [0.25, 0.3) is 11.5 Å². The molecule has 1 aliphatic carbocycles. The van der Waals surface area contributed by atoms with E-state index in [4.69, 9.17) is 0 Å². The predicted octanol–water partition coefficient (Wildman–Crippen LogP) is 3.36. The number of hydrogen-bond donors (Lipinski definition) is 1. The van der Waals surface area contributed by atoms with Gasteiger partial charge in [0.1, 0.15) is 11.2 Å². The molecule has 2 aromatic rings. The van der Waals surface area contributed by atoms with E-state index in [9.17, 15) is 9.59 Å². The average molecular weight is 341 g/mol. The van der Waals surface area contributed by atoms with Gasteiger partial charge < -0.3 is 5.32 Å². The fourth-order valence-electron chi connectivity index (χ4n) is 4.38. The highest BCUT2D eigenvalue weighted by Crippen LogP contribution is 2.38. The lowest BCUT2D eigenvalue weighted by Gasteiger charge is -2.39. The standard InChI is InChI=1S/C20H27N3O2/c1-5-23-17-14(7-6-8-21-17)10-16(19(23)25)18(24)22-15-9-13(2)11-20(3,4)12-15/h6-8,10,13,15H,5,9,11-12H2,1-4H3,(H,22,24)/t13-,15-/m0/s1. The third-order valence-corrected chi connectivity index (χ3v) is 5.13. The summed E-state index contributed by atoms with van der Waals surface area (Å²) in [4.78, 5) is 29.9. The van der Waals surface area contributed by atoms with Gasteiger partial charge in [-0.15, -0.1) is 0 Å². The first kappa shape index (κ1) is 17.6. The normalized spacial score (nSPS) is 22.7. The number of rotatable bonds is 3. The number of carbonyl (C=O) groups is 1. The number of fused-ring (bicyclic) bond motifs is 1. The summed E-state index contributed by atoms with van der Waals surface area (Å²) in [5, 5.41) is 3.92. The van der Waals surface area contributed by atoms with E-state index < -0.39 is 0 Å². The first-order valence-corrected chi connectivity index (χ1v) is 9.10. The first-order chi connectivity index (χ1) is 11.8. The molecule has 2 aromatic heterocycles. The minimum absolute atomic E-state index is 0.116. The summed E-state index contributed by atoms with van der Waals surface area (Å²) in [7, 11) is 0. The van der Waals surface area contributed by atoms with Crippen LogP contribution in [0.3, 0.4) is 0 Å². The van der Waals surface area contributed by atoms with Crippen LogP contribution in [-0.4, -0.2) is 21.5 Å². The van der Waals surface area contributed by atoms with Gasteiger partial charge in [0.15, 0.2) is 0 Å². The maximum atomic E-state index is 12.8. The predicted molar refractivity (Wildman–Crippen MR) is 99.7 cm³/mol. The summed E-state index contributed by atoms with van der Waals surface area (Å²) in [6.07, 6.45) is 4.75. The number of aromatic nitrogens is 2. The maximum Gasteiger partial charge on any atom is 0.265 e. The van der Waals surface area contributed by atoms with Crippen LogP contribution in [0.2, 0.25) is 0 Å². The molecule has 2 heterocycles. The van der Waals surface area contributed by atoms with E-state index in [1.54, 1.807) is 16.8 Å². The Morgan fingerprint density at radius 1 is 1.40 bits per heavy atom. The van der Waals surface area contributed by atoms with E-state index in [1.165, 1.54) is 6.42 Å². The van der Waals surface area contributed by atoms with E-state index in [0.717, 1.165) is 18.2 Å². The molecule has 0 aromatic carbocycles. The van der Waals surface area contributed by atoms with Crippen LogP contribution in [0.25, 0.3) is 11.0 Å². The highest BCUT2D eigenvalue weighted by atomic mass is 16.2. The highest BCUT2D eigenvalue weighted by molar-refractivity contribution is 5.97. The summed E-state index contributed by atoms with van der Waals surface area (Å²) in [5.74, 6) is 0.301. The Balaban J connectivity index is 1.92. The SMILES string of the molecule is CCn1c(=O)c(C(=O)N[C@H]2C[C@H](C)CC(C)(C)C2)cc2cccnc21. The van der Waals surface area contributed by atoms with Gasteiger partial charge in [-0.1, -0.05) is 20.8 Å². The molecular weight excluding hydrogens is 314 g/mol. The molecule has 1 N–H and O–H groups in total. The number of carbonyl (C=O) groups excluding carboxylic acids is 1. The van der Waals surface area contributed by atoms with E-state index in [0.29, 0.717) is 18.1 Å². The van der Waals surface area contributed by atoms with Crippen molar-refractivity contribution < 1.29 is 4.79 Å². The Kier molecular flexibility index (Phi) is 4.67. The van der Waals surface area contributed by atoms with Crippen molar-refractivity contribution in [3.05, 3.63) is 40.3 Å². The minimum Gasteiger partial charge on any atom is -0.349 e. The van der Waals surface area contributed by atoms with Gasteiger partial charge in [0.2, 0.25) is 0 Å². The molecule has 1 amide bonds. The van der Waals surface area contributed by atoms with Crippen LogP contribution in [-0.2, 0) is 6.54 Å². The van der Waals surface area contributed by atoms with Gasteiger partial charge in [0, 0.05) is 24.2 Å². The number of hydrogen-bond acceptors (Lipinski definition) is 3. The zero-order chi connectivity index (χ0) is 18.2. The smallest absolute Gasteiger partial charge is 0.265 e.